The van der Waals surface area contributed by atoms with Gasteiger partial charge >= 0.3 is 0 Å². The Hall–Kier alpha value is -0.650. The molecular weight excluding hydrogens is 286 g/mol. The molecular formula is C11H14BrN3S. The number of thiophene rings is 1. The lowest BCUT2D eigenvalue weighted by Crippen LogP contribution is -2.18. The first-order chi connectivity index (χ1) is 7.69. The number of halogens is 1. The smallest absolute Gasteiger partial charge is 0.0701 e. The molecule has 86 valence electrons. The molecule has 0 aliphatic carbocycles. The lowest BCUT2D eigenvalue weighted by molar-refractivity contribution is 0.586. The summed E-state index contributed by atoms with van der Waals surface area (Å²) in [6.45, 7) is 0. The topological polar surface area (TPSA) is 29.9 Å². The van der Waals surface area contributed by atoms with E-state index in [0.29, 0.717) is 6.04 Å². The highest BCUT2D eigenvalue weighted by molar-refractivity contribution is 9.11. The van der Waals surface area contributed by atoms with Gasteiger partial charge in [0.05, 0.1) is 9.48 Å². The molecule has 2 aromatic rings. The van der Waals surface area contributed by atoms with Crippen LogP contribution in [0.1, 0.15) is 16.6 Å². The van der Waals surface area contributed by atoms with Crippen LogP contribution in [-0.2, 0) is 13.5 Å². The Balaban J connectivity index is 2.12. The summed E-state index contributed by atoms with van der Waals surface area (Å²) in [5.41, 5.74) is 1.12. The molecule has 0 aliphatic rings. The number of rotatable bonds is 4. The lowest BCUT2D eigenvalue weighted by atomic mass is 10.1. The molecule has 3 nitrogen and oxygen atoms in total. The first-order valence-corrected chi connectivity index (χ1v) is 6.71. The van der Waals surface area contributed by atoms with E-state index in [0.717, 1.165) is 12.1 Å². The van der Waals surface area contributed by atoms with E-state index in [1.165, 1.54) is 8.66 Å². The molecule has 0 radical (unpaired) electrons. The van der Waals surface area contributed by atoms with Crippen LogP contribution in [0, 0.1) is 0 Å². The zero-order valence-electron chi connectivity index (χ0n) is 9.27. The average molecular weight is 300 g/mol. The molecule has 2 heterocycles. The molecule has 0 spiro atoms. The van der Waals surface area contributed by atoms with Crippen molar-refractivity contribution < 1.29 is 0 Å². The third-order valence-electron chi connectivity index (χ3n) is 2.47. The third-order valence-corrected chi connectivity index (χ3v) is 4.21. The Morgan fingerprint density at radius 2 is 2.31 bits per heavy atom. The summed E-state index contributed by atoms with van der Waals surface area (Å²) in [6, 6.07) is 6.64. The molecule has 0 aliphatic heterocycles. The van der Waals surface area contributed by atoms with Gasteiger partial charge in [0.15, 0.2) is 0 Å². The number of aromatic nitrogens is 2. The van der Waals surface area contributed by atoms with Crippen LogP contribution in [0.4, 0.5) is 0 Å². The van der Waals surface area contributed by atoms with Crippen LogP contribution < -0.4 is 5.32 Å². The molecule has 16 heavy (non-hydrogen) atoms. The van der Waals surface area contributed by atoms with Gasteiger partial charge in [-0.25, -0.2) is 0 Å². The Bertz CT molecular complexity index is 463. The monoisotopic (exact) mass is 299 g/mol. The molecule has 2 rings (SSSR count). The SMILES string of the molecule is CNC(Cc1ccn(C)n1)c1ccc(Br)s1. The number of nitrogens with one attached hydrogen (secondary N) is 1. The van der Waals surface area contributed by atoms with Crippen LogP contribution in [0.5, 0.6) is 0 Å². The second-order valence-electron chi connectivity index (χ2n) is 3.67. The van der Waals surface area contributed by atoms with E-state index in [1.807, 2.05) is 25.0 Å². The van der Waals surface area contributed by atoms with Gasteiger partial charge in [-0.2, -0.15) is 5.10 Å². The van der Waals surface area contributed by atoms with Crippen LogP contribution in [0.3, 0.4) is 0 Å². The average Bonchev–Trinajstić information content (AvgIpc) is 2.84. The van der Waals surface area contributed by atoms with Crippen molar-refractivity contribution in [2.45, 2.75) is 12.5 Å². The summed E-state index contributed by atoms with van der Waals surface area (Å²) in [4.78, 5) is 1.33. The van der Waals surface area contributed by atoms with E-state index in [9.17, 15) is 0 Å². The summed E-state index contributed by atoms with van der Waals surface area (Å²) >= 11 is 5.26. The van der Waals surface area contributed by atoms with Gasteiger partial charge in [-0.3, -0.25) is 4.68 Å². The van der Waals surface area contributed by atoms with Crippen molar-refractivity contribution in [3.8, 4) is 0 Å². The van der Waals surface area contributed by atoms with Crippen molar-refractivity contribution in [1.82, 2.24) is 15.1 Å². The van der Waals surface area contributed by atoms with E-state index >= 15 is 0 Å². The Morgan fingerprint density at radius 1 is 1.50 bits per heavy atom. The quantitative estimate of drug-likeness (QED) is 0.941. The maximum absolute atomic E-state index is 4.40. The maximum Gasteiger partial charge on any atom is 0.0701 e. The minimum atomic E-state index is 0.339. The van der Waals surface area contributed by atoms with Gasteiger partial charge in [0.25, 0.3) is 0 Å². The summed E-state index contributed by atoms with van der Waals surface area (Å²) < 4.78 is 3.01. The van der Waals surface area contributed by atoms with Crippen molar-refractivity contribution in [2.75, 3.05) is 7.05 Å². The molecule has 0 saturated carbocycles. The van der Waals surface area contributed by atoms with E-state index in [1.54, 1.807) is 11.3 Å². The van der Waals surface area contributed by atoms with Crippen LogP contribution in [-0.4, -0.2) is 16.8 Å². The second-order valence-corrected chi connectivity index (χ2v) is 6.16. The fourth-order valence-electron chi connectivity index (χ4n) is 1.64. The first kappa shape index (κ1) is 11.8. The van der Waals surface area contributed by atoms with Crippen LogP contribution in [0.25, 0.3) is 0 Å². The minimum Gasteiger partial charge on any atom is -0.312 e. The Kier molecular flexibility index (Phi) is 3.78. The Labute approximate surface area is 108 Å². The number of hydrogen-bond acceptors (Lipinski definition) is 3. The van der Waals surface area contributed by atoms with Gasteiger partial charge in [-0.05, 0) is 41.2 Å². The van der Waals surface area contributed by atoms with Crippen LogP contribution in [0.15, 0.2) is 28.2 Å². The summed E-state index contributed by atoms with van der Waals surface area (Å²) in [5, 5.41) is 7.73. The highest BCUT2D eigenvalue weighted by Gasteiger charge is 2.13. The van der Waals surface area contributed by atoms with Crippen molar-refractivity contribution in [3.05, 3.63) is 38.8 Å². The van der Waals surface area contributed by atoms with Crippen molar-refractivity contribution in [2.24, 2.45) is 7.05 Å². The highest BCUT2D eigenvalue weighted by atomic mass is 79.9. The van der Waals surface area contributed by atoms with Crippen molar-refractivity contribution in [1.29, 1.82) is 0 Å². The zero-order valence-corrected chi connectivity index (χ0v) is 11.7. The molecule has 0 fully saturated rings. The molecule has 0 saturated heterocycles. The van der Waals surface area contributed by atoms with Gasteiger partial charge in [0.2, 0.25) is 0 Å². The molecule has 0 bridgehead atoms. The fraction of sp³-hybridized carbons (Fsp3) is 0.364. The normalized spacial score (nSPS) is 12.9. The number of likely N-dealkylation sites (N-methyl/N-ethyl adjacent to an activating group) is 1. The molecule has 5 heteroatoms. The van der Waals surface area contributed by atoms with E-state index in [4.69, 9.17) is 0 Å². The first-order valence-electron chi connectivity index (χ1n) is 5.10. The number of aryl methyl sites for hydroxylation is 1. The third kappa shape index (κ3) is 2.72. The molecule has 1 atom stereocenters. The van der Waals surface area contributed by atoms with Crippen LogP contribution in [0.2, 0.25) is 0 Å². The van der Waals surface area contributed by atoms with Gasteiger partial charge in [-0.1, -0.05) is 0 Å². The molecule has 2 aromatic heterocycles. The van der Waals surface area contributed by atoms with Gasteiger partial charge < -0.3 is 5.32 Å². The lowest BCUT2D eigenvalue weighted by Gasteiger charge is -2.12. The summed E-state index contributed by atoms with van der Waals surface area (Å²) in [6.07, 6.45) is 2.90. The van der Waals surface area contributed by atoms with E-state index in [2.05, 4.69) is 44.5 Å². The van der Waals surface area contributed by atoms with Gasteiger partial charge in [0.1, 0.15) is 0 Å². The summed E-state index contributed by atoms with van der Waals surface area (Å²) in [7, 11) is 3.93. The number of nitrogens with zero attached hydrogens (tertiary/aromatic N) is 2. The fourth-order valence-corrected chi connectivity index (χ4v) is 3.18. The minimum absolute atomic E-state index is 0.339. The summed E-state index contributed by atoms with van der Waals surface area (Å²) in [5.74, 6) is 0. The largest absolute Gasteiger partial charge is 0.312 e. The van der Waals surface area contributed by atoms with Crippen molar-refractivity contribution >= 4 is 27.3 Å². The maximum atomic E-state index is 4.40. The molecule has 1 unspecified atom stereocenters. The Morgan fingerprint density at radius 3 is 2.81 bits per heavy atom. The second kappa shape index (κ2) is 5.12. The standard InChI is InChI=1S/C11H14BrN3S/c1-13-9(10-3-4-11(12)16-10)7-8-5-6-15(2)14-8/h3-6,9,13H,7H2,1-2H3. The van der Waals surface area contributed by atoms with E-state index < -0.39 is 0 Å². The number of hydrogen-bond donors (Lipinski definition) is 1. The zero-order chi connectivity index (χ0) is 11.5. The van der Waals surface area contributed by atoms with Crippen LogP contribution >= 0.6 is 27.3 Å². The predicted molar refractivity (Wildman–Crippen MR) is 70.7 cm³/mol. The van der Waals surface area contributed by atoms with Crippen molar-refractivity contribution in [3.63, 3.8) is 0 Å². The predicted octanol–water partition coefficient (Wildman–Crippen LogP) is 2.75. The molecule has 1 N–H and O–H groups in total. The molecule has 0 amide bonds. The molecule has 0 aromatic carbocycles. The van der Waals surface area contributed by atoms with Gasteiger partial charge in [-0.15, -0.1) is 11.3 Å². The van der Waals surface area contributed by atoms with E-state index in [-0.39, 0.29) is 0 Å². The highest BCUT2D eigenvalue weighted by Crippen LogP contribution is 2.28. The van der Waals surface area contributed by atoms with Gasteiger partial charge in [0, 0.05) is 30.6 Å².